The Balaban J connectivity index is 2.49. The second-order valence-electron chi connectivity index (χ2n) is 8.68. The molecular formula is C21H39NO6. The predicted octanol–water partition coefficient (Wildman–Crippen LogP) is 2.52. The Morgan fingerprint density at radius 2 is 1.79 bits per heavy atom. The molecule has 0 aromatic heterocycles. The van der Waals surface area contributed by atoms with Crippen molar-refractivity contribution in [1.82, 2.24) is 4.90 Å². The smallest absolute Gasteiger partial charge is 0.312 e. The van der Waals surface area contributed by atoms with E-state index in [1.54, 1.807) is 13.8 Å². The van der Waals surface area contributed by atoms with Gasteiger partial charge in [-0.05, 0) is 40.5 Å². The fourth-order valence-electron chi connectivity index (χ4n) is 3.00. The summed E-state index contributed by atoms with van der Waals surface area (Å²) in [6.07, 6.45) is -0.236. The minimum atomic E-state index is -0.473. The van der Waals surface area contributed by atoms with Crippen molar-refractivity contribution in [3.05, 3.63) is 0 Å². The van der Waals surface area contributed by atoms with Gasteiger partial charge in [0.05, 0.1) is 36.8 Å². The van der Waals surface area contributed by atoms with Gasteiger partial charge in [0.25, 0.3) is 0 Å². The van der Waals surface area contributed by atoms with Gasteiger partial charge in [-0.15, -0.1) is 0 Å². The van der Waals surface area contributed by atoms with Crippen LogP contribution in [0.15, 0.2) is 0 Å². The summed E-state index contributed by atoms with van der Waals surface area (Å²) in [5, 5.41) is 0. The number of esters is 2. The molecule has 0 bridgehead atoms. The number of hydrogen-bond donors (Lipinski definition) is 0. The number of carbonyl (C=O) groups is 2. The average molecular weight is 402 g/mol. The van der Waals surface area contributed by atoms with Crippen molar-refractivity contribution in [2.24, 2.45) is 17.8 Å². The molecule has 0 aromatic carbocycles. The molecular weight excluding hydrogens is 362 g/mol. The summed E-state index contributed by atoms with van der Waals surface area (Å²) >= 11 is 0. The first-order chi connectivity index (χ1) is 13.1. The SMILES string of the molecule is CCOC(=O)C(C)COC(=O)C(C)C1CN(CC(C)(C)OCC(C)C)CCO1. The van der Waals surface area contributed by atoms with Gasteiger partial charge in [-0.2, -0.15) is 0 Å². The van der Waals surface area contributed by atoms with Crippen LogP contribution in [0, 0.1) is 17.8 Å². The minimum absolute atomic E-state index is 0.0223. The van der Waals surface area contributed by atoms with Crippen molar-refractivity contribution in [2.75, 3.05) is 46.1 Å². The van der Waals surface area contributed by atoms with Crippen LogP contribution < -0.4 is 0 Å². The Morgan fingerprint density at radius 1 is 1.11 bits per heavy atom. The first-order valence-electron chi connectivity index (χ1n) is 10.4. The van der Waals surface area contributed by atoms with E-state index in [0.29, 0.717) is 25.7 Å². The zero-order valence-corrected chi connectivity index (χ0v) is 18.7. The maximum atomic E-state index is 12.4. The van der Waals surface area contributed by atoms with Gasteiger partial charge >= 0.3 is 11.9 Å². The van der Waals surface area contributed by atoms with Crippen LogP contribution in [-0.2, 0) is 28.5 Å². The van der Waals surface area contributed by atoms with Crippen LogP contribution in [0.25, 0.3) is 0 Å². The van der Waals surface area contributed by atoms with E-state index in [-0.39, 0.29) is 30.3 Å². The Kier molecular flexibility index (Phi) is 10.4. The Morgan fingerprint density at radius 3 is 2.39 bits per heavy atom. The number of hydrogen-bond acceptors (Lipinski definition) is 7. The van der Waals surface area contributed by atoms with Crippen molar-refractivity contribution >= 4 is 11.9 Å². The predicted molar refractivity (Wildman–Crippen MR) is 107 cm³/mol. The molecule has 0 aliphatic carbocycles. The lowest BCUT2D eigenvalue weighted by atomic mass is 10.0. The minimum Gasteiger partial charge on any atom is -0.466 e. The second kappa shape index (κ2) is 11.7. The molecule has 1 heterocycles. The van der Waals surface area contributed by atoms with Crippen molar-refractivity contribution < 1.29 is 28.5 Å². The van der Waals surface area contributed by atoms with E-state index < -0.39 is 11.8 Å². The van der Waals surface area contributed by atoms with E-state index in [2.05, 4.69) is 32.6 Å². The van der Waals surface area contributed by atoms with E-state index in [1.165, 1.54) is 0 Å². The van der Waals surface area contributed by atoms with E-state index in [0.717, 1.165) is 19.7 Å². The first kappa shape index (κ1) is 24.9. The highest BCUT2D eigenvalue weighted by Gasteiger charge is 2.33. The fraction of sp³-hybridized carbons (Fsp3) is 0.905. The zero-order chi connectivity index (χ0) is 21.3. The summed E-state index contributed by atoms with van der Waals surface area (Å²) in [4.78, 5) is 26.3. The number of rotatable bonds is 11. The summed E-state index contributed by atoms with van der Waals surface area (Å²) in [5.74, 6) is -1.09. The summed E-state index contributed by atoms with van der Waals surface area (Å²) in [5.41, 5.74) is -0.259. The molecule has 1 aliphatic heterocycles. The summed E-state index contributed by atoms with van der Waals surface area (Å²) in [6, 6.07) is 0. The molecule has 3 atom stereocenters. The van der Waals surface area contributed by atoms with Crippen molar-refractivity contribution in [2.45, 2.75) is 60.2 Å². The highest BCUT2D eigenvalue weighted by Crippen LogP contribution is 2.20. The number of carbonyl (C=O) groups excluding carboxylic acids is 2. The van der Waals surface area contributed by atoms with E-state index >= 15 is 0 Å². The summed E-state index contributed by atoms with van der Waals surface area (Å²) in [6.45, 7) is 17.6. The number of nitrogens with zero attached hydrogens (tertiary/aromatic N) is 1. The molecule has 0 spiro atoms. The average Bonchev–Trinajstić information content (AvgIpc) is 2.63. The van der Waals surface area contributed by atoms with Crippen LogP contribution in [0.4, 0.5) is 0 Å². The first-order valence-corrected chi connectivity index (χ1v) is 10.4. The summed E-state index contributed by atoms with van der Waals surface area (Å²) in [7, 11) is 0. The monoisotopic (exact) mass is 401 g/mol. The normalized spacial score (nSPS) is 20.6. The molecule has 1 fully saturated rings. The molecule has 164 valence electrons. The molecule has 1 saturated heterocycles. The maximum absolute atomic E-state index is 12.4. The number of morpholine rings is 1. The molecule has 28 heavy (non-hydrogen) atoms. The molecule has 0 amide bonds. The van der Waals surface area contributed by atoms with Crippen LogP contribution in [0.3, 0.4) is 0 Å². The van der Waals surface area contributed by atoms with E-state index in [9.17, 15) is 9.59 Å². The lowest BCUT2D eigenvalue weighted by Crippen LogP contribution is -2.51. The Hall–Kier alpha value is -1.18. The standard InChI is InChI=1S/C21H39NO6/c1-8-25-19(23)16(4)13-27-20(24)17(5)18-11-22(9-10-26-18)14-21(6,7)28-12-15(2)3/h15-18H,8-14H2,1-7H3. The quantitative estimate of drug-likeness (QED) is 0.493. The Bertz CT molecular complexity index is 493. The fourth-order valence-corrected chi connectivity index (χ4v) is 3.00. The molecule has 1 rings (SSSR count). The van der Waals surface area contributed by atoms with Gasteiger partial charge in [0.15, 0.2) is 0 Å². The van der Waals surface area contributed by atoms with Crippen molar-refractivity contribution in [3.63, 3.8) is 0 Å². The zero-order valence-electron chi connectivity index (χ0n) is 18.7. The Labute approximate surface area is 170 Å². The second-order valence-corrected chi connectivity index (χ2v) is 8.68. The molecule has 7 nitrogen and oxygen atoms in total. The molecule has 0 N–H and O–H groups in total. The third kappa shape index (κ3) is 8.88. The van der Waals surface area contributed by atoms with Crippen LogP contribution in [-0.4, -0.2) is 74.6 Å². The molecule has 0 aromatic rings. The van der Waals surface area contributed by atoms with Gasteiger partial charge in [-0.1, -0.05) is 13.8 Å². The summed E-state index contributed by atoms with van der Waals surface area (Å²) < 4.78 is 22.1. The highest BCUT2D eigenvalue weighted by molar-refractivity contribution is 5.75. The van der Waals surface area contributed by atoms with Crippen LogP contribution in [0.1, 0.15) is 48.5 Å². The molecule has 3 unspecified atom stereocenters. The van der Waals surface area contributed by atoms with Gasteiger partial charge in [0, 0.05) is 26.2 Å². The molecule has 0 saturated carbocycles. The highest BCUT2D eigenvalue weighted by atomic mass is 16.6. The van der Waals surface area contributed by atoms with Gasteiger partial charge in [0.2, 0.25) is 0 Å². The van der Waals surface area contributed by atoms with Gasteiger partial charge in [0.1, 0.15) is 6.61 Å². The van der Waals surface area contributed by atoms with Crippen LogP contribution >= 0.6 is 0 Å². The third-order valence-electron chi connectivity index (χ3n) is 4.68. The van der Waals surface area contributed by atoms with Crippen LogP contribution in [0.2, 0.25) is 0 Å². The van der Waals surface area contributed by atoms with Gasteiger partial charge < -0.3 is 18.9 Å². The third-order valence-corrected chi connectivity index (χ3v) is 4.68. The molecule has 7 heteroatoms. The maximum Gasteiger partial charge on any atom is 0.312 e. The van der Waals surface area contributed by atoms with Gasteiger partial charge in [-0.25, -0.2) is 0 Å². The lowest BCUT2D eigenvalue weighted by Gasteiger charge is -2.39. The van der Waals surface area contributed by atoms with E-state index in [4.69, 9.17) is 18.9 Å². The number of ether oxygens (including phenoxy) is 4. The topological polar surface area (TPSA) is 74.3 Å². The largest absolute Gasteiger partial charge is 0.466 e. The van der Waals surface area contributed by atoms with Crippen LogP contribution in [0.5, 0.6) is 0 Å². The van der Waals surface area contributed by atoms with E-state index in [1.807, 2.05) is 6.92 Å². The lowest BCUT2D eigenvalue weighted by molar-refractivity contribution is -0.162. The van der Waals surface area contributed by atoms with Gasteiger partial charge in [-0.3, -0.25) is 14.5 Å². The molecule has 0 radical (unpaired) electrons. The van der Waals surface area contributed by atoms with Crippen molar-refractivity contribution in [1.29, 1.82) is 0 Å². The van der Waals surface area contributed by atoms with Crippen molar-refractivity contribution in [3.8, 4) is 0 Å². The molecule has 1 aliphatic rings.